The summed E-state index contributed by atoms with van der Waals surface area (Å²) < 4.78 is 13.3. The highest BCUT2D eigenvalue weighted by Crippen LogP contribution is 2.41. The SMILES string of the molecule is C=CCOc1ccc(C2C(=C(O)c3ccc4c(c3)CC(C)O4)C(=O)C(=O)N2CCCn2ccnc2)cc1. The molecule has 0 saturated carbocycles. The van der Waals surface area contributed by atoms with Gasteiger partial charge in [-0.25, -0.2) is 4.98 Å². The number of aliphatic hydroxyl groups is 1. The number of fused-ring (bicyclic) bond motifs is 1. The van der Waals surface area contributed by atoms with Crippen LogP contribution in [0.3, 0.4) is 0 Å². The van der Waals surface area contributed by atoms with E-state index in [4.69, 9.17) is 9.47 Å². The van der Waals surface area contributed by atoms with Crippen molar-refractivity contribution in [2.75, 3.05) is 13.2 Å². The third-order valence-corrected chi connectivity index (χ3v) is 6.65. The molecule has 2 atom stereocenters. The molecule has 0 aliphatic carbocycles. The number of rotatable bonds is 9. The Morgan fingerprint density at radius 2 is 2.03 bits per heavy atom. The van der Waals surface area contributed by atoms with Crippen LogP contribution in [-0.4, -0.2) is 50.5 Å². The summed E-state index contributed by atoms with van der Waals surface area (Å²) in [6.45, 7) is 7.00. The second-order valence-electron chi connectivity index (χ2n) is 9.27. The summed E-state index contributed by atoms with van der Waals surface area (Å²) in [5, 5.41) is 11.4. The molecule has 2 aromatic carbocycles. The number of aryl methyl sites for hydroxylation is 1. The summed E-state index contributed by atoms with van der Waals surface area (Å²) >= 11 is 0. The van der Waals surface area contributed by atoms with Crippen LogP contribution in [-0.2, 0) is 22.6 Å². The van der Waals surface area contributed by atoms with Crippen LogP contribution < -0.4 is 9.47 Å². The Balaban J connectivity index is 1.51. The predicted molar refractivity (Wildman–Crippen MR) is 138 cm³/mol. The number of nitrogens with zero attached hydrogens (tertiary/aromatic N) is 3. The van der Waals surface area contributed by atoms with E-state index in [-0.39, 0.29) is 17.4 Å². The first-order chi connectivity index (χ1) is 18.0. The molecule has 37 heavy (non-hydrogen) atoms. The number of benzene rings is 2. The lowest BCUT2D eigenvalue weighted by atomic mass is 9.94. The predicted octanol–water partition coefficient (Wildman–Crippen LogP) is 4.28. The molecule has 1 saturated heterocycles. The number of likely N-dealkylation sites (tertiary alicyclic amines) is 1. The molecular weight excluding hydrogens is 470 g/mol. The Hall–Kier alpha value is -4.33. The summed E-state index contributed by atoms with van der Waals surface area (Å²) in [5.74, 6) is -0.0802. The number of carbonyl (C=O) groups excluding carboxylic acids is 2. The lowest BCUT2D eigenvalue weighted by molar-refractivity contribution is -0.139. The molecular formula is C29H29N3O5. The van der Waals surface area contributed by atoms with E-state index < -0.39 is 17.7 Å². The second-order valence-corrected chi connectivity index (χ2v) is 9.27. The molecule has 0 spiro atoms. The smallest absolute Gasteiger partial charge is 0.295 e. The maximum Gasteiger partial charge on any atom is 0.295 e. The van der Waals surface area contributed by atoms with Crippen molar-refractivity contribution < 1.29 is 24.2 Å². The monoisotopic (exact) mass is 499 g/mol. The lowest BCUT2D eigenvalue weighted by Crippen LogP contribution is -2.31. The maximum atomic E-state index is 13.3. The Kier molecular flexibility index (Phi) is 6.81. The van der Waals surface area contributed by atoms with Gasteiger partial charge in [-0.05, 0) is 54.8 Å². The van der Waals surface area contributed by atoms with Gasteiger partial charge in [-0.2, -0.15) is 0 Å². The van der Waals surface area contributed by atoms with Crippen molar-refractivity contribution in [2.24, 2.45) is 0 Å². The fraction of sp³-hybridized carbons (Fsp3) is 0.276. The molecule has 2 aliphatic heterocycles. The van der Waals surface area contributed by atoms with Crippen molar-refractivity contribution in [1.29, 1.82) is 0 Å². The molecule has 8 heteroatoms. The summed E-state index contributed by atoms with van der Waals surface area (Å²) in [5.41, 5.74) is 2.25. The van der Waals surface area contributed by atoms with Gasteiger partial charge in [-0.1, -0.05) is 24.8 Å². The third kappa shape index (κ3) is 4.87. The van der Waals surface area contributed by atoms with Gasteiger partial charge in [0.25, 0.3) is 11.7 Å². The normalized spacial score (nSPS) is 20.1. The van der Waals surface area contributed by atoms with Gasteiger partial charge >= 0.3 is 0 Å². The average molecular weight is 500 g/mol. The van der Waals surface area contributed by atoms with E-state index >= 15 is 0 Å². The first-order valence-corrected chi connectivity index (χ1v) is 12.3. The zero-order valence-corrected chi connectivity index (χ0v) is 20.7. The van der Waals surface area contributed by atoms with E-state index in [1.807, 2.05) is 35.9 Å². The van der Waals surface area contributed by atoms with Gasteiger partial charge in [-0.15, -0.1) is 0 Å². The highest BCUT2D eigenvalue weighted by molar-refractivity contribution is 6.46. The van der Waals surface area contributed by atoms with Crippen molar-refractivity contribution in [1.82, 2.24) is 14.5 Å². The van der Waals surface area contributed by atoms with E-state index in [9.17, 15) is 14.7 Å². The van der Waals surface area contributed by atoms with Crippen molar-refractivity contribution in [3.05, 3.63) is 96.1 Å². The molecule has 3 aromatic rings. The number of aliphatic hydroxyl groups excluding tert-OH is 1. The fourth-order valence-corrected chi connectivity index (χ4v) is 4.93. The highest BCUT2D eigenvalue weighted by atomic mass is 16.5. The van der Waals surface area contributed by atoms with Gasteiger partial charge in [0.15, 0.2) is 0 Å². The molecule has 190 valence electrons. The number of aromatic nitrogens is 2. The third-order valence-electron chi connectivity index (χ3n) is 6.65. The van der Waals surface area contributed by atoms with Gasteiger partial charge in [0.05, 0.1) is 17.9 Å². The van der Waals surface area contributed by atoms with Crippen LogP contribution in [0.25, 0.3) is 5.76 Å². The maximum absolute atomic E-state index is 13.3. The quantitative estimate of drug-likeness (QED) is 0.204. The number of Topliss-reactive ketones (excluding diaryl/α,β-unsaturated/α-hetero) is 1. The number of ketones is 1. The van der Waals surface area contributed by atoms with Crippen molar-refractivity contribution >= 4 is 17.4 Å². The van der Waals surface area contributed by atoms with Crippen LogP contribution in [0.4, 0.5) is 0 Å². The van der Waals surface area contributed by atoms with Gasteiger partial charge in [0.1, 0.15) is 30.0 Å². The first kappa shape index (κ1) is 24.4. The van der Waals surface area contributed by atoms with Crippen molar-refractivity contribution in [3.63, 3.8) is 0 Å². The van der Waals surface area contributed by atoms with E-state index in [1.165, 1.54) is 0 Å². The minimum absolute atomic E-state index is 0.0512. The first-order valence-electron chi connectivity index (χ1n) is 12.3. The van der Waals surface area contributed by atoms with E-state index in [1.54, 1.807) is 47.8 Å². The van der Waals surface area contributed by atoms with E-state index in [0.717, 1.165) is 11.3 Å². The van der Waals surface area contributed by atoms with Crippen LogP contribution in [0.2, 0.25) is 0 Å². The van der Waals surface area contributed by atoms with E-state index in [0.29, 0.717) is 49.4 Å². The Labute approximate surface area is 215 Å². The highest BCUT2D eigenvalue weighted by Gasteiger charge is 2.45. The molecule has 0 radical (unpaired) electrons. The minimum Gasteiger partial charge on any atom is -0.507 e. The van der Waals surface area contributed by atoms with Crippen LogP contribution in [0.15, 0.2) is 79.4 Å². The number of hydrogen-bond acceptors (Lipinski definition) is 6. The molecule has 1 aromatic heterocycles. The van der Waals surface area contributed by atoms with Gasteiger partial charge in [0, 0.05) is 37.5 Å². The Morgan fingerprint density at radius 3 is 2.76 bits per heavy atom. The summed E-state index contributed by atoms with van der Waals surface area (Å²) in [6, 6.07) is 11.9. The summed E-state index contributed by atoms with van der Waals surface area (Å²) in [4.78, 5) is 32.1. The Bertz CT molecular complexity index is 1340. The van der Waals surface area contributed by atoms with E-state index in [2.05, 4.69) is 11.6 Å². The van der Waals surface area contributed by atoms with Crippen LogP contribution in [0.5, 0.6) is 11.5 Å². The number of carbonyl (C=O) groups is 2. The largest absolute Gasteiger partial charge is 0.507 e. The molecule has 8 nitrogen and oxygen atoms in total. The molecule has 2 aliphatic rings. The molecule has 3 heterocycles. The molecule has 1 fully saturated rings. The summed E-state index contributed by atoms with van der Waals surface area (Å²) in [7, 11) is 0. The van der Waals surface area contributed by atoms with Gasteiger partial charge in [-0.3, -0.25) is 9.59 Å². The van der Waals surface area contributed by atoms with Crippen LogP contribution >= 0.6 is 0 Å². The topological polar surface area (TPSA) is 93.9 Å². The van der Waals surface area contributed by atoms with Gasteiger partial charge in [0.2, 0.25) is 0 Å². The fourth-order valence-electron chi connectivity index (χ4n) is 4.93. The minimum atomic E-state index is -0.723. The Morgan fingerprint density at radius 1 is 1.22 bits per heavy atom. The zero-order valence-electron chi connectivity index (χ0n) is 20.7. The lowest BCUT2D eigenvalue weighted by Gasteiger charge is -2.25. The average Bonchev–Trinajstić information content (AvgIpc) is 3.61. The van der Waals surface area contributed by atoms with Crippen LogP contribution in [0.1, 0.15) is 36.1 Å². The number of hydrogen-bond donors (Lipinski definition) is 1. The number of ether oxygens (including phenoxy) is 2. The van der Waals surface area contributed by atoms with Gasteiger partial charge < -0.3 is 24.0 Å². The van der Waals surface area contributed by atoms with Crippen LogP contribution in [0, 0.1) is 0 Å². The molecule has 1 amide bonds. The standard InChI is InChI=1S/C29H29N3O5/c1-3-15-36-23-8-5-20(6-9-23)26-25(27(33)21-7-10-24-22(17-21)16-19(2)37-24)28(34)29(35)32(26)13-4-12-31-14-11-30-18-31/h3,5-11,14,17-19,26,33H,1,4,12-13,15-16H2,2H3. The molecule has 5 rings (SSSR count). The second kappa shape index (κ2) is 10.3. The van der Waals surface area contributed by atoms with Crippen molar-refractivity contribution in [2.45, 2.75) is 38.5 Å². The molecule has 2 unspecified atom stereocenters. The number of imidazole rings is 1. The van der Waals surface area contributed by atoms with Crippen molar-refractivity contribution in [3.8, 4) is 11.5 Å². The molecule has 1 N–H and O–H groups in total. The molecule has 0 bridgehead atoms. The summed E-state index contributed by atoms with van der Waals surface area (Å²) in [6.07, 6.45) is 8.31. The number of amides is 1. The zero-order chi connectivity index (χ0) is 25.9.